The third-order valence-electron chi connectivity index (χ3n) is 0.744. The molecule has 46 valence electrons. The Balaban J connectivity index is 2.16. The molecule has 0 aromatic rings. The van der Waals surface area contributed by atoms with Gasteiger partial charge in [0.15, 0.2) is 0 Å². The number of hydrazine groups is 2. The lowest BCUT2D eigenvalue weighted by molar-refractivity contribution is 0.0529. The standard InChI is InChI=1S/C3H7N3OS/c7-5-4-6-1-2-8-3-6/h1-2,4-5,7H,3H2. The molecule has 5 heteroatoms. The summed E-state index contributed by atoms with van der Waals surface area (Å²) in [5.74, 6) is 0.827. The van der Waals surface area contributed by atoms with Gasteiger partial charge in [-0.1, -0.05) is 0 Å². The van der Waals surface area contributed by atoms with Gasteiger partial charge in [-0.25, -0.2) is 0 Å². The first-order valence-electron chi connectivity index (χ1n) is 2.13. The highest BCUT2D eigenvalue weighted by molar-refractivity contribution is 8.02. The molecule has 0 bridgehead atoms. The third kappa shape index (κ3) is 1.38. The van der Waals surface area contributed by atoms with E-state index in [9.17, 15) is 0 Å². The predicted molar refractivity (Wildman–Crippen MR) is 31.5 cm³/mol. The normalized spacial score (nSPS) is 17.9. The topological polar surface area (TPSA) is 47.5 Å². The molecule has 0 spiro atoms. The maximum Gasteiger partial charge on any atom is 0.0847 e. The molecule has 1 aliphatic rings. The number of rotatable bonds is 2. The summed E-state index contributed by atoms with van der Waals surface area (Å²) >= 11 is 1.65. The quantitative estimate of drug-likeness (QED) is 0.458. The second-order valence-electron chi connectivity index (χ2n) is 1.27. The van der Waals surface area contributed by atoms with Crippen LogP contribution < -0.4 is 11.1 Å². The van der Waals surface area contributed by atoms with Gasteiger partial charge in [0, 0.05) is 6.20 Å². The third-order valence-corrected chi connectivity index (χ3v) is 1.49. The van der Waals surface area contributed by atoms with Crippen LogP contribution in [0.5, 0.6) is 0 Å². The fourth-order valence-corrected chi connectivity index (χ4v) is 1.05. The van der Waals surface area contributed by atoms with Crippen molar-refractivity contribution in [2.75, 3.05) is 5.88 Å². The summed E-state index contributed by atoms with van der Waals surface area (Å²) in [6, 6.07) is 0. The van der Waals surface area contributed by atoms with Gasteiger partial charge in [0.05, 0.1) is 5.88 Å². The van der Waals surface area contributed by atoms with Crippen LogP contribution >= 0.6 is 11.8 Å². The first-order chi connectivity index (χ1) is 3.93. The zero-order valence-electron chi connectivity index (χ0n) is 4.16. The average Bonchev–Trinajstić information content (AvgIpc) is 2.19. The molecule has 1 rings (SSSR count). The Hall–Kier alpha value is -0.230. The Labute approximate surface area is 51.4 Å². The number of hydrogen-bond donors (Lipinski definition) is 3. The first kappa shape index (κ1) is 5.90. The molecule has 0 aromatic heterocycles. The molecule has 0 atom stereocenters. The molecular weight excluding hydrogens is 126 g/mol. The predicted octanol–water partition coefficient (Wildman–Crippen LogP) is -0.138. The Bertz CT molecular complexity index is 96.5. The number of nitrogens with one attached hydrogen (secondary N) is 2. The van der Waals surface area contributed by atoms with Crippen LogP contribution in [0.2, 0.25) is 0 Å². The smallest absolute Gasteiger partial charge is 0.0847 e. The van der Waals surface area contributed by atoms with Crippen LogP contribution in [0, 0.1) is 0 Å². The summed E-state index contributed by atoms with van der Waals surface area (Å²) in [5, 5.41) is 11.7. The van der Waals surface area contributed by atoms with E-state index in [-0.39, 0.29) is 0 Å². The summed E-state index contributed by atoms with van der Waals surface area (Å²) in [6.07, 6.45) is 1.83. The van der Waals surface area contributed by atoms with Crippen molar-refractivity contribution in [2.45, 2.75) is 0 Å². The molecule has 1 aliphatic heterocycles. The van der Waals surface area contributed by atoms with Crippen LogP contribution in [-0.2, 0) is 0 Å². The summed E-state index contributed by atoms with van der Waals surface area (Å²) < 4.78 is 0. The molecule has 0 radical (unpaired) electrons. The van der Waals surface area contributed by atoms with E-state index in [4.69, 9.17) is 5.21 Å². The van der Waals surface area contributed by atoms with Crippen molar-refractivity contribution < 1.29 is 5.21 Å². The summed E-state index contributed by atoms with van der Waals surface area (Å²) in [6.45, 7) is 0. The maximum atomic E-state index is 8.08. The fourth-order valence-electron chi connectivity index (χ4n) is 0.417. The highest BCUT2D eigenvalue weighted by atomic mass is 32.2. The minimum absolute atomic E-state index is 0.827. The molecule has 3 N–H and O–H groups in total. The number of nitrogens with zero attached hydrogens (tertiary/aromatic N) is 1. The zero-order valence-corrected chi connectivity index (χ0v) is 4.98. The number of hydrogen-bond acceptors (Lipinski definition) is 5. The molecular formula is C3H7N3OS. The van der Waals surface area contributed by atoms with Crippen LogP contribution in [-0.4, -0.2) is 16.1 Å². The number of thioether (sulfide) groups is 1. The maximum absolute atomic E-state index is 8.08. The zero-order chi connectivity index (χ0) is 5.82. The van der Waals surface area contributed by atoms with Crippen LogP contribution in [0.3, 0.4) is 0 Å². The van der Waals surface area contributed by atoms with Gasteiger partial charge < -0.3 is 5.21 Å². The van der Waals surface area contributed by atoms with E-state index in [1.165, 1.54) is 0 Å². The lowest BCUT2D eigenvalue weighted by Gasteiger charge is -2.12. The van der Waals surface area contributed by atoms with Crippen molar-refractivity contribution in [2.24, 2.45) is 0 Å². The first-order valence-corrected chi connectivity index (χ1v) is 3.18. The van der Waals surface area contributed by atoms with Gasteiger partial charge in [-0.2, -0.15) is 0 Å². The van der Waals surface area contributed by atoms with E-state index in [0.29, 0.717) is 0 Å². The monoisotopic (exact) mass is 133 g/mol. The van der Waals surface area contributed by atoms with Gasteiger partial charge in [-0.05, 0) is 5.41 Å². The van der Waals surface area contributed by atoms with Gasteiger partial charge in [-0.15, -0.1) is 22.9 Å². The molecule has 1 heterocycles. The van der Waals surface area contributed by atoms with Crippen molar-refractivity contribution in [3.63, 3.8) is 0 Å². The molecule has 0 saturated carbocycles. The molecule has 0 unspecified atom stereocenters. The summed E-state index contributed by atoms with van der Waals surface area (Å²) in [7, 11) is 0. The van der Waals surface area contributed by atoms with Crippen LogP contribution in [0.15, 0.2) is 11.6 Å². The van der Waals surface area contributed by atoms with E-state index in [2.05, 4.69) is 5.53 Å². The molecule has 4 nitrogen and oxygen atoms in total. The molecule has 0 saturated heterocycles. The largest absolute Gasteiger partial charge is 0.300 e. The summed E-state index contributed by atoms with van der Waals surface area (Å²) in [4.78, 5) is 0. The van der Waals surface area contributed by atoms with Crippen molar-refractivity contribution in [3.05, 3.63) is 11.6 Å². The van der Waals surface area contributed by atoms with Crippen LogP contribution in [0.25, 0.3) is 0 Å². The van der Waals surface area contributed by atoms with Gasteiger partial charge >= 0.3 is 0 Å². The molecule has 0 aliphatic carbocycles. The fraction of sp³-hybridized carbons (Fsp3) is 0.333. The molecule has 0 fully saturated rings. The second kappa shape index (κ2) is 2.93. The molecule has 0 aromatic carbocycles. The second-order valence-corrected chi connectivity index (χ2v) is 2.14. The van der Waals surface area contributed by atoms with E-state index < -0.39 is 0 Å². The van der Waals surface area contributed by atoms with Gasteiger partial charge in [0.1, 0.15) is 0 Å². The summed E-state index contributed by atoms with van der Waals surface area (Å²) in [5.41, 5.74) is 4.30. The molecule has 8 heavy (non-hydrogen) atoms. The van der Waals surface area contributed by atoms with Gasteiger partial charge in [0.25, 0.3) is 0 Å². The van der Waals surface area contributed by atoms with Gasteiger partial charge in [-0.3, -0.25) is 5.01 Å². The van der Waals surface area contributed by atoms with Crippen LogP contribution in [0.1, 0.15) is 0 Å². The Morgan fingerprint density at radius 2 is 2.62 bits per heavy atom. The minimum Gasteiger partial charge on any atom is -0.300 e. The lowest BCUT2D eigenvalue weighted by atomic mass is 11.0. The highest BCUT2D eigenvalue weighted by Crippen LogP contribution is 2.11. The van der Waals surface area contributed by atoms with E-state index in [1.54, 1.807) is 16.8 Å². The minimum atomic E-state index is 0.827. The Kier molecular flexibility index (Phi) is 2.16. The molecule has 0 amide bonds. The SMILES string of the molecule is ONNN1C=CSC1. The van der Waals surface area contributed by atoms with E-state index in [0.717, 1.165) is 5.88 Å². The van der Waals surface area contributed by atoms with E-state index in [1.807, 2.05) is 17.2 Å². The highest BCUT2D eigenvalue weighted by Gasteiger charge is 2.00. The van der Waals surface area contributed by atoms with Crippen LogP contribution in [0.4, 0.5) is 0 Å². The van der Waals surface area contributed by atoms with Gasteiger partial charge in [0.2, 0.25) is 0 Å². The Morgan fingerprint density at radius 3 is 3.12 bits per heavy atom. The van der Waals surface area contributed by atoms with Crippen molar-refractivity contribution in [3.8, 4) is 0 Å². The van der Waals surface area contributed by atoms with Crippen molar-refractivity contribution >= 4 is 11.8 Å². The van der Waals surface area contributed by atoms with Crippen molar-refractivity contribution in [1.82, 2.24) is 16.1 Å². The van der Waals surface area contributed by atoms with E-state index >= 15 is 0 Å². The van der Waals surface area contributed by atoms with Crippen molar-refractivity contribution in [1.29, 1.82) is 0 Å². The Morgan fingerprint density at radius 1 is 1.75 bits per heavy atom. The lowest BCUT2D eigenvalue weighted by Crippen LogP contribution is -2.40. The average molecular weight is 133 g/mol.